The van der Waals surface area contributed by atoms with Gasteiger partial charge in [0.1, 0.15) is 10.8 Å². The first-order valence-corrected chi connectivity index (χ1v) is 7.19. The average Bonchev–Trinajstić information content (AvgIpc) is 2.83. The fraction of sp³-hybridized carbons (Fsp3) is 0.214. The van der Waals surface area contributed by atoms with Gasteiger partial charge in [-0.15, -0.1) is 0 Å². The van der Waals surface area contributed by atoms with Crippen molar-refractivity contribution in [1.82, 2.24) is 4.90 Å². The maximum atomic E-state index is 13.2. The summed E-state index contributed by atoms with van der Waals surface area (Å²) in [6.45, 7) is 1.53. The van der Waals surface area contributed by atoms with Crippen LogP contribution >= 0.6 is 23.6 Å². The summed E-state index contributed by atoms with van der Waals surface area (Å²) in [5, 5.41) is 4.18. The fourth-order valence-corrected chi connectivity index (χ4v) is 2.81. The second kappa shape index (κ2) is 6.23. The minimum absolute atomic E-state index is 0.235. The van der Waals surface area contributed by atoms with Crippen molar-refractivity contribution in [2.24, 2.45) is 5.73 Å². The molecule has 2 aromatic rings. The first-order valence-electron chi connectivity index (χ1n) is 5.84. The van der Waals surface area contributed by atoms with Crippen LogP contribution < -0.4 is 5.73 Å². The Balaban J connectivity index is 2.12. The van der Waals surface area contributed by atoms with Crippen molar-refractivity contribution in [3.05, 3.63) is 57.5 Å². The van der Waals surface area contributed by atoms with Gasteiger partial charge < -0.3 is 5.73 Å². The van der Waals surface area contributed by atoms with E-state index in [1.807, 2.05) is 7.05 Å². The molecule has 100 valence electrons. The van der Waals surface area contributed by atoms with Crippen molar-refractivity contribution in [2.45, 2.75) is 13.1 Å². The summed E-state index contributed by atoms with van der Waals surface area (Å²) in [6, 6.07) is 6.68. The number of halogens is 1. The molecule has 0 aliphatic carbocycles. The molecule has 1 aromatic carbocycles. The van der Waals surface area contributed by atoms with E-state index in [4.69, 9.17) is 18.0 Å². The highest BCUT2D eigenvalue weighted by Crippen LogP contribution is 2.15. The predicted octanol–water partition coefficient (Wildman–Crippen LogP) is 3.15. The number of benzene rings is 1. The third-order valence-electron chi connectivity index (χ3n) is 2.81. The van der Waals surface area contributed by atoms with Gasteiger partial charge in [0.05, 0.1) is 0 Å². The quantitative estimate of drug-likeness (QED) is 0.859. The maximum absolute atomic E-state index is 13.2. The Morgan fingerprint density at radius 1 is 1.37 bits per heavy atom. The van der Waals surface area contributed by atoms with Crippen LogP contribution in [0.2, 0.25) is 0 Å². The van der Waals surface area contributed by atoms with E-state index in [2.05, 4.69) is 21.7 Å². The molecule has 0 radical (unpaired) electrons. The van der Waals surface area contributed by atoms with Gasteiger partial charge in [0, 0.05) is 18.7 Å². The van der Waals surface area contributed by atoms with Crippen molar-refractivity contribution < 1.29 is 4.39 Å². The molecule has 2 nitrogen and oxygen atoms in total. The lowest BCUT2D eigenvalue weighted by Gasteiger charge is -2.18. The lowest BCUT2D eigenvalue weighted by molar-refractivity contribution is 0.319. The van der Waals surface area contributed by atoms with Crippen LogP contribution in [-0.2, 0) is 13.1 Å². The van der Waals surface area contributed by atoms with Gasteiger partial charge in [-0.25, -0.2) is 4.39 Å². The van der Waals surface area contributed by atoms with Crippen molar-refractivity contribution >= 4 is 28.5 Å². The van der Waals surface area contributed by atoms with E-state index < -0.39 is 0 Å². The summed E-state index contributed by atoms with van der Waals surface area (Å²) >= 11 is 6.65. The molecule has 5 heteroatoms. The second-order valence-corrected chi connectivity index (χ2v) is 5.69. The Bertz CT molecular complexity index is 567. The zero-order valence-electron chi connectivity index (χ0n) is 10.6. The summed E-state index contributed by atoms with van der Waals surface area (Å²) in [4.78, 5) is 2.38. The average molecular weight is 294 g/mol. The highest BCUT2D eigenvalue weighted by atomic mass is 32.1. The lowest BCUT2D eigenvalue weighted by Crippen LogP contribution is -2.20. The molecule has 1 heterocycles. The SMILES string of the molecule is CN(Cc1ccsc1)Cc1ccc(F)cc1C(N)=S. The van der Waals surface area contributed by atoms with Crippen molar-refractivity contribution in [1.29, 1.82) is 0 Å². The summed E-state index contributed by atoms with van der Waals surface area (Å²) in [5.41, 5.74) is 8.48. The third kappa shape index (κ3) is 3.83. The molecule has 19 heavy (non-hydrogen) atoms. The number of thiophene rings is 1. The second-order valence-electron chi connectivity index (χ2n) is 4.47. The highest BCUT2D eigenvalue weighted by molar-refractivity contribution is 7.80. The van der Waals surface area contributed by atoms with Crippen LogP contribution in [0.1, 0.15) is 16.7 Å². The van der Waals surface area contributed by atoms with Gasteiger partial charge >= 0.3 is 0 Å². The summed E-state index contributed by atoms with van der Waals surface area (Å²) in [5.74, 6) is -0.313. The molecule has 0 unspecified atom stereocenters. The van der Waals surface area contributed by atoms with Gasteiger partial charge in [-0.2, -0.15) is 11.3 Å². The first-order chi connectivity index (χ1) is 9.06. The van der Waals surface area contributed by atoms with Crippen molar-refractivity contribution in [3.63, 3.8) is 0 Å². The number of hydrogen-bond donors (Lipinski definition) is 1. The highest BCUT2D eigenvalue weighted by Gasteiger charge is 2.09. The lowest BCUT2D eigenvalue weighted by atomic mass is 10.1. The monoisotopic (exact) mass is 294 g/mol. The standard InChI is InChI=1S/C14H15FN2S2/c1-17(7-10-4-5-19-9-10)8-11-2-3-12(15)6-13(11)14(16)18/h2-6,9H,7-8H2,1H3,(H2,16,18). The molecule has 0 aliphatic rings. The summed E-state index contributed by atoms with van der Waals surface area (Å²) in [7, 11) is 2.02. The Labute approximate surface area is 121 Å². The van der Waals surface area contributed by atoms with E-state index in [1.54, 1.807) is 17.4 Å². The van der Waals surface area contributed by atoms with Gasteiger partial charge in [0.25, 0.3) is 0 Å². The molecule has 0 saturated heterocycles. The van der Waals surface area contributed by atoms with E-state index in [-0.39, 0.29) is 10.8 Å². The molecule has 0 spiro atoms. The van der Waals surface area contributed by atoms with Crippen molar-refractivity contribution in [3.8, 4) is 0 Å². The molecule has 2 N–H and O–H groups in total. The molecular formula is C14H15FN2S2. The van der Waals surface area contributed by atoms with Gasteiger partial charge in [0.15, 0.2) is 0 Å². The number of rotatable bonds is 5. The summed E-state index contributed by atoms with van der Waals surface area (Å²) < 4.78 is 13.2. The van der Waals surface area contributed by atoms with Crippen LogP contribution in [0.4, 0.5) is 4.39 Å². The maximum Gasteiger partial charge on any atom is 0.123 e. The molecule has 2 rings (SSSR count). The minimum Gasteiger partial charge on any atom is -0.389 e. The number of nitrogens with zero attached hydrogens (tertiary/aromatic N) is 1. The van der Waals surface area contributed by atoms with Gasteiger partial charge in [-0.3, -0.25) is 4.90 Å². The largest absolute Gasteiger partial charge is 0.389 e. The Kier molecular flexibility index (Phi) is 4.63. The van der Waals surface area contributed by atoms with Crippen molar-refractivity contribution in [2.75, 3.05) is 7.05 Å². The normalized spacial score (nSPS) is 10.9. The Morgan fingerprint density at radius 2 is 2.16 bits per heavy atom. The van der Waals surface area contributed by atoms with E-state index in [0.29, 0.717) is 12.1 Å². The number of hydrogen-bond acceptors (Lipinski definition) is 3. The van der Waals surface area contributed by atoms with Gasteiger partial charge in [-0.1, -0.05) is 18.3 Å². The molecule has 1 aromatic heterocycles. The van der Waals surface area contributed by atoms with Crippen LogP contribution in [0.25, 0.3) is 0 Å². The van der Waals surface area contributed by atoms with Crippen LogP contribution in [0.3, 0.4) is 0 Å². The van der Waals surface area contributed by atoms with E-state index in [0.717, 1.165) is 12.1 Å². The van der Waals surface area contributed by atoms with Crippen LogP contribution in [-0.4, -0.2) is 16.9 Å². The predicted molar refractivity (Wildman–Crippen MR) is 81.8 cm³/mol. The minimum atomic E-state index is -0.313. The van der Waals surface area contributed by atoms with Crippen LogP contribution in [0, 0.1) is 5.82 Å². The van der Waals surface area contributed by atoms with Gasteiger partial charge in [-0.05, 0) is 47.1 Å². The Morgan fingerprint density at radius 3 is 2.79 bits per heavy atom. The van der Waals surface area contributed by atoms with Crippen LogP contribution in [0.15, 0.2) is 35.0 Å². The fourth-order valence-electron chi connectivity index (χ4n) is 1.96. The number of thiocarbonyl (C=S) groups is 1. The zero-order chi connectivity index (χ0) is 13.8. The zero-order valence-corrected chi connectivity index (χ0v) is 12.2. The topological polar surface area (TPSA) is 29.3 Å². The molecule has 0 atom stereocenters. The van der Waals surface area contributed by atoms with E-state index in [1.165, 1.54) is 17.7 Å². The van der Waals surface area contributed by atoms with Gasteiger partial charge in [0.2, 0.25) is 0 Å². The first kappa shape index (κ1) is 14.1. The van der Waals surface area contributed by atoms with E-state index >= 15 is 0 Å². The van der Waals surface area contributed by atoms with Crippen LogP contribution in [0.5, 0.6) is 0 Å². The smallest absolute Gasteiger partial charge is 0.123 e. The number of nitrogens with two attached hydrogens (primary N) is 1. The van der Waals surface area contributed by atoms with E-state index in [9.17, 15) is 4.39 Å². The molecular weight excluding hydrogens is 279 g/mol. The summed E-state index contributed by atoms with van der Waals surface area (Å²) in [6.07, 6.45) is 0. The molecule has 0 saturated carbocycles. The molecule has 0 aliphatic heterocycles. The Hall–Kier alpha value is -1.30. The molecule has 0 bridgehead atoms. The molecule has 0 fully saturated rings. The third-order valence-corrected chi connectivity index (χ3v) is 3.76. The molecule has 0 amide bonds.